The maximum atomic E-state index is 12.9. The number of rotatable bonds is 6. The second-order valence-corrected chi connectivity index (χ2v) is 5.86. The molecule has 0 unspecified atom stereocenters. The molecule has 2 nitrogen and oxygen atoms in total. The normalized spacial score (nSPS) is 17.3. The van der Waals surface area contributed by atoms with Crippen LogP contribution < -0.4 is 0 Å². The zero-order chi connectivity index (χ0) is 14.4. The molecule has 1 aromatic rings. The van der Waals surface area contributed by atoms with Crippen LogP contribution in [-0.4, -0.2) is 36.1 Å². The van der Waals surface area contributed by atoms with Crippen LogP contribution in [0.15, 0.2) is 24.3 Å². The lowest BCUT2D eigenvalue weighted by Crippen LogP contribution is -2.36. The first kappa shape index (κ1) is 15.5. The van der Waals surface area contributed by atoms with E-state index in [4.69, 9.17) is 0 Å². The Hall–Kier alpha value is -0.870. The van der Waals surface area contributed by atoms with Crippen LogP contribution in [0.4, 0.5) is 4.39 Å². The summed E-state index contributed by atoms with van der Waals surface area (Å²) >= 11 is 4.22. The SMILES string of the molecule is O=C(c1ccc(F)cc1)C1CCN(CCCCS)CC1. The molecule has 1 aliphatic rings. The average molecular weight is 295 g/mol. The van der Waals surface area contributed by atoms with Gasteiger partial charge in [0.2, 0.25) is 0 Å². The largest absolute Gasteiger partial charge is 0.303 e. The van der Waals surface area contributed by atoms with Crippen LogP contribution in [0.1, 0.15) is 36.0 Å². The molecule has 0 bridgehead atoms. The summed E-state index contributed by atoms with van der Waals surface area (Å²) in [6.45, 7) is 3.09. The van der Waals surface area contributed by atoms with Crippen molar-refractivity contribution in [2.24, 2.45) is 5.92 Å². The standard InChI is InChI=1S/C16H22FNOS/c17-15-5-3-13(4-6-15)16(19)14-7-10-18(11-8-14)9-1-2-12-20/h3-6,14,20H,1-2,7-12H2. The van der Waals surface area contributed by atoms with Crippen LogP contribution in [0.2, 0.25) is 0 Å². The number of carbonyl (C=O) groups excluding carboxylic acids is 1. The lowest BCUT2D eigenvalue weighted by atomic mass is 9.89. The highest BCUT2D eigenvalue weighted by atomic mass is 32.1. The number of unbranched alkanes of at least 4 members (excludes halogenated alkanes) is 1. The summed E-state index contributed by atoms with van der Waals surface area (Å²) < 4.78 is 12.9. The molecule has 1 aliphatic heterocycles. The molecule has 0 aliphatic carbocycles. The van der Waals surface area contributed by atoms with Gasteiger partial charge in [0.1, 0.15) is 5.82 Å². The van der Waals surface area contributed by atoms with E-state index in [0.29, 0.717) is 5.56 Å². The number of halogens is 1. The average Bonchev–Trinajstić information content (AvgIpc) is 2.48. The van der Waals surface area contributed by atoms with Gasteiger partial charge in [-0.1, -0.05) is 0 Å². The van der Waals surface area contributed by atoms with Crippen LogP contribution in [-0.2, 0) is 0 Å². The molecule has 4 heteroatoms. The summed E-state index contributed by atoms with van der Waals surface area (Å²) in [6.07, 6.45) is 4.16. The molecule has 0 amide bonds. The highest BCUT2D eigenvalue weighted by molar-refractivity contribution is 7.80. The van der Waals surface area contributed by atoms with Gasteiger partial charge >= 0.3 is 0 Å². The molecular weight excluding hydrogens is 273 g/mol. The first-order chi connectivity index (χ1) is 9.70. The molecule has 0 saturated carbocycles. The topological polar surface area (TPSA) is 20.3 Å². The highest BCUT2D eigenvalue weighted by Gasteiger charge is 2.25. The zero-order valence-electron chi connectivity index (χ0n) is 11.7. The van der Waals surface area contributed by atoms with E-state index in [-0.39, 0.29) is 17.5 Å². The predicted octanol–water partition coefficient (Wildman–Crippen LogP) is 3.43. The molecule has 1 aromatic carbocycles. The van der Waals surface area contributed by atoms with Crippen molar-refractivity contribution in [3.63, 3.8) is 0 Å². The van der Waals surface area contributed by atoms with Gasteiger partial charge < -0.3 is 4.90 Å². The molecule has 0 N–H and O–H groups in total. The van der Waals surface area contributed by atoms with Crippen LogP contribution in [0.25, 0.3) is 0 Å². The summed E-state index contributed by atoms with van der Waals surface area (Å²) in [7, 11) is 0. The molecule has 1 heterocycles. The molecule has 110 valence electrons. The fourth-order valence-electron chi connectivity index (χ4n) is 2.72. The monoisotopic (exact) mass is 295 g/mol. The lowest BCUT2D eigenvalue weighted by Gasteiger charge is -2.31. The van der Waals surface area contributed by atoms with E-state index < -0.39 is 0 Å². The van der Waals surface area contributed by atoms with E-state index in [2.05, 4.69) is 17.5 Å². The minimum atomic E-state index is -0.291. The van der Waals surface area contributed by atoms with Gasteiger partial charge in [-0.2, -0.15) is 12.6 Å². The van der Waals surface area contributed by atoms with Crippen LogP contribution in [0, 0.1) is 11.7 Å². The van der Waals surface area contributed by atoms with Crippen LogP contribution in [0.5, 0.6) is 0 Å². The van der Waals surface area contributed by atoms with Crippen molar-refractivity contribution in [3.8, 4) is 0 Å². The van der Waals surface area contributed by atoms with Crippen molar-refractivity contribution >= 4 is 18.4 Å². The van der Waals surface area contributed by atoms with Crippen LogP contribution in [0.3, 0.4) is 0 Å². The summed E-state index contributed by atoms with van der Waals surface area (Å²) in [5.74, 6) is 0.918. The third-order valence-electron chi connectivity index (χ3n) is 3.97. The summed E-state index contributed by atoms with van der Waals surface area (Å²) in [4.78, 5) is 14.8. The third kappa shape index (κ3) is 4.32. The minimum Gasteiger partial charge on any atom is -0.303 e. The van der Waals surface area contributed by atoms with Crippen molar-refractivity contribution in [3.05, 3.63) is 35.6 Å². The Bertz CT molecular complexity index is 427. The molecule has 0 spiro atoms. The molecule has 20 heavy (non-hydrogen) atoms. The van der Waals surface area contributed by atoms with Gasteiger partial charge in [0.05, 0.1) is 0 Å². The number of hydrogen-bond acceptors (Lipinski definition) is 3. The predicted molar refractivity (Wildman–Crippen MR) is 83.0 cm³/mol. The summed E-state index contributed by atoms with van der Waals surface area (Å²) in [5, 5.41) is 0. The Balaban J connectivity index is 1.81. The first-order valence-corrected chi connectivity index (χ1v) is 7.97. The van der Waals surface area contributed by atoms with Crippen molar-refractivity contribution in [1.82, 2.24) is 4.90 Å². The molecular formula is C16H22FNOS. The van der Waals surface area contributed by atoms with Gasteiger partial charge in [0.15, 0.2) is 5.78 Å². The van der Waals surface area contributed by atoms with Gasteiger partial charge in [0, 0.05) is 11.5 Å². The maximum Gasteiger partial charge on any atom is 0.166 e. The number of ketones is 1. The Morgan fingerprint density at radius 2 is 1.85 bits per heavy atom. The maximum absolute atomic E-state index is 12.9. The fourth-order valence-corrected chi connectivity index (χ4v) is 2.94. The van der Waals surface area contributed by atoms with E-state index >= 15 is 0 Å². The number of Topliss-reactive ketones (excluding diaryl/α,β-unsaturated/α-hetero) is 1. The van der Waals surface area contributed by atoms with Gasteiger partial charge in [-0.15, -0.1) is 0 Å². The number of carbonyl (C=O) groups is 1. The number of benzene rings is 1. The zero-order valence-corrected chi connectivity index (χ0v) is 12.6. The molecule has 0 aromatic heterocycles. The number of piperidine rings is 1. The second kappa shape index (κ2) is 7.79. The minimum absolute atomic E-state index is 0.0987. The molecule has 1 fully saturated rings. The van der Waals surface area contributed by atoms with Crippen molar-refractivity contribution in [2.45, 2.75) is 25.7 Å². The van der Waals surface area contributed by atoms with E-state index in [0.717, 1.165) is 44.6 Å². The van der Waals surface area contributed by atoms with Crippen LogP contribution >= 0.6 is 12.6 Å². The van der Waals surface area contributed by atoms with Gasteiger partial charge in [-0.3, -0.25) is 4.79 Å². The first-order valence-electron chi connectivity index (χ1n) is 7.33. The van der Waals surface area contributed by atoms with E-state index in [1.807, 2.05) is 0 Å². The second-order valence-electron chi connectivity index (χ2n) is 5.42. The molecule has 2 rings (SSSR count). The van der Waals surface area contributed by atoms with Gasteiger partial charge in [0.25, 0.3) is 0 Å². The molecule has 1 saturated heterocycles. The Labute approximate surface area is 125 Å². The number of hydrogen-bond donors (Lipinski definition) is 1. The van der Waals surface area contributed by atoms with E-state index in [1.54, 1.807) is 12.1 Å². The van der Waals surface area contributed by atoms with E-state index in [9.17, 15) is 9.18 Å². The third-order valence-corrected chi connectivity index (χ3v) is 4.29. The Morgan fingerprint density at radius 1 is 1.20 bits per heavy atom. The van der Waals surface area contributed by atoms with E-state index in [1.165, 1.54) is 18.6 Å². The smallest absolute Gasteiger partial charge is 0.166 e. The lowest BCUT2D eigenvalue weighted by molar-refractivity contribution is 0.0839. The molecule has 0 atom stereocenters. The van der Waals surface area contributed by atoms with Crippen molar-refractivity contribution < 1.29 is 9.18 Å². The van der Waals surface area contributed by atoms with Crippen molar-refractivity contribution in [2.75, 3.05) is 25.4 Å². The summed E-state index contributed by atoms with van der Waals surface area (Å²) in [5.41, 5.74) is 0.639. The quantitative estimate of drug-likeness (QED) is 0.493. The Morgan fingerprint density at radius 3 is 2.45 bits per heavy atom. The molecule has 0 radical (unpaired) electrons. The number of thiol groups is 1. The Kier molecular flexibility index (Phi) is 6.05. The fraction of sp³-hybridized carbons (Fsp3) is 0.562. The van der Waals surface area contributed by atoms with Crippen molar-refractivity contribution in [1.29, 1.82) is 0 Å². The number of likely N-dealkylation sites (tertiary alicyclic amines) is 1. The highest BCUT2D eigenvalue weighted by Crippen LogP contribution is 2.22. The van der Waals surface area contributed by atoms with Gasteiger partial charge in [-0.05, 0) is 75.3 Å². The summed E-state index contributed by atoms with van der Waals surface area (Å²) in [6, 6.07) is 5.91. The number of nitrogens with zero attached hydrogens (tertiary/aromatic N) is 1. The van der Waals surface area contributed by atoms with Gasteiger partial charge in [-0.25, -0.2) is 4.39 Å².